The van der Waals surface area contributed by atoms with Crippen LogP contribution in [0.5, 0.6) is 11.5 Å². The molecule has 3 rings (SSSR count). The Morgan fingerprint density at radius 2 is 1.36 bits per heavy atom. The van der Waals surface area contributed by atoms with Gasteiger partial charge in [-0.3, -0.25) is 10.1 Å². The monoisotopic (exact) mass is 545 g/mol. The Bertz CT molecular complexity index is 1310. The second-order valence-electron chi connectivity index (χ2n) is 7.14. The SMILES string of the molecule is COc1cc(C(=O)O)ccc1N.COc1cc(C(=O)O)ccc1[NH3+].O=C([O-])c1cccc([N+](=O)[O-])c1C(=O)O. The van der Waals surface area contributed by atoms with Gasteiger partial charge in [0.2, 0.25) is 0 Å². The van der Waals surface area contributed by atoms with Crippen molar-refractivity contribution >= 4 is 40.9 Å². The molecule has 0 aliphatic rings. The zero-order chi connectivity index (χ0) is 29.9. The van der Waals surface area contributed by atoms with Crippen LogP contribution in [0.4, 0.5) is 17.1 Å². The number of hydrogen-bond donors (Lipinski definition) is 5. The van der Waals surface area contributed by atoms with E-state index >= 15 is 0 Å². The number of carboxylic acid groups (broad SMARTS) is 4. The number of rotatable bonds is 7. The van der Waals surface area contributed by atoms with Crippen LogP contribution in [0.25, 0.3) is 0 Å². The first-order chi connectivity index (χ1) is 18.2. The van der Waals surface area contributed by atoms with Gasteiger partial charge in [-0.15, -0.1) is 0 Å². The minimum absolute atomic E-state index is 0.168. The van der Waals surface area contributed by atoms with Crippen LogP contribution < -0.4 is 26.0 Å². The van der Waals surface area contributed by atoms with E-state index in [0.29, 0.717) is 22.9 Å². The van der Waals surface area contributed by atoms with E-state index in [-0.39, 0.29) is 11.1 Å². The van der Waals surface area contributed by atoms with Gasteiger partial charge in [0.25, 0.3) is 5.69 Å². The Balaban J connectivity index is 0.000000295. The summed E-state index contributed by atoms with van der Waals surface area (Å²) in [5.41, 5.74) is 8.29. The van der Waals surface area contributed by atoms with Crippen LogP contribution in [0.2, 0.25) is 0 Å². The van der Waals surface area contributed by atoms with Crippen molar-refractivity contribution < 1.29 is 59.7 Å². The molecule has 0 bridgehead atoms. The van der Waals surface area contributed by atoms with Crippen LogP contribution in [0, 0.1) is 10.1 Å². The molecule has 0 aromatic heterocycles. The quantitative estimate of drug-likeness (QED) is 0.157. The molecular formula is C24H23N3O12. The maximum absolute atomic E-state index is 10.7. The third-order valence-electron chi connectivity index (χ3n) is 4.69. The zero-order valence-corrected chi connectivity index (χ0v) is 20.4. The number of carbonyl (C=O) groups is 4. The minimum Gasteiger partial charge on any atom is -0.545 e. The number of nitro benzene ring substituents is 1. The predicted molar refractivity (Wildman–Crippen MR) is 131 cm³/mol. The van der Waals surface area contributed by atoms with Crippen LogP contribution >= 0.6 is 0 Å². The van der Waals surface area contributed by atoms with Gasteiger partial charge in [0.15, 0.2) is 11.4 Å². The van der Waals surface area contributed by atoms with E-state index in [0.717, 1.165) is 18.2 Å². The number of carbonyl (C=O) groups excluding carboxylic acids is 1. The molecule has 0 heterocycles. The Labute approximate surface area is 219 Å². The molecule has 0 aliphatic heterocycles. The van der Waals surface area contributed by atoms with Gasteiger partial charge >= 0.3 is 17.9 Å². The summed E-state index contributed by atoms with van der Waals surface area (Å²) < 4.78 is 9.76. The smallest absolute Gasteiger partial charge is 0.343 e. The number of nitrogens with zero attached hydrogens (tertiary/aromatic N) is 1. The maximum Gasteiger partial charge on any atom is 0.343 e. The van der Waals surface area contributed by atoms with Crippen LogP contribution in [0.15, 0.2) is 54.6 Å². The molecule has 15 nitrogen and oxygen atoms in total. The Hall–Kier alpha value is -5.70. The van der Waals surface area contributed by atoms with Gasteiger partial charge in [0.05, 0.1) is 41.9 Å². The lowest BCUT2D eigenvalue weighted by molar-refractivity contribution is -0.385. The van der Waals surface area contributed by atoms with Gasteiger partial charge in [0.1, 0.15) is 11.3 Å². The van der Waals surface area contributed by atoms with Gasteiger partial charge < -0.3 is 46.2 Å². The van der Waals surface area contributed by atoms with Crippen molar-refractivity contribution in [2.24, 2.45) is 0 Å². The summed E-state index contributed by atoms with van der Waals surface area (Å²) in [4.78, 5) is 51.6. The summed E-state index contributed by atoms with van der Waals surface area (Å²) in [5.74, 6) is -4.52. The summed E-state index contributed by atoms with van der Waals surface area (Å²) in [6.07, 6.45) is 0. The lowest BCUT2D eigenvalue weighted by atomic mass is 10.1. The lowest BCUT2D eigenvalue weighted by Gasteiger charge is -2.06. The maximum atomic E-state index is 10.7. The first-order valence-electron chi connectivity index (χ1n) is 10.4. The summed E-state index contributed by atoms with van der Waals surface area (Å²) in [6.45, 7) is 0. The molecule has 0 aliphatic carbocycles. The van der Waals surface area contributed by atoms with E-state index < -0.39 is 45.6 Å². The van der Waals surface area contributed by atoms with E-state index in [9.17, 15) is 34.4 Å². The number of aromatic carboxylic acids is 4. The fourth-order valence-electron chi connectivity index (χ4n) is 2.81. The van der Waals surface area contributed by atoms with E-state index in [1.807, 2.05) is 0 Å². The summed E-state index contributed by atoms with van der Waals surface area (Å²) in [7, 11) is 2.92. The molecule has 0 amide bonds. The van der Waals surface area contributed by atoms with Crippen LogP contribution in [0.1, 0.15) is 41.4 Å². The number of benzene rings is 3. The third-order valence-corrected chi connectivity index (χ3v) is 4.69. The second kappa shape index (κ2) is 14.1. The van der Waals surface area contributed by atoms with Gasteiger partial charge in [-0.05, 0) is 24.3 Å². The lowest BCUT2D eigenvalue weighted by Crippen LogP contribution is -2.40. The highest BCUT2D eigenvalue weighted by molar-refractivity contribution is 6.04. The molecular weight excluding hydrogens is 522 g/mol. The largest absolute Gasteiger partial charge is 0.545 e. The number of carboxylic acids is 4. The van der Waals surface area contributed by atoms with E-state index in [1.165, 1.54) is 44.6 Å². The molecule has 3 aromatic rings. The normalized spacial score (nSPS) is 9.51. The Kier molecular flexibility index (Phi) is 11.4. The predicted octanol–water partition coefficient (Wildman–Crippen LogP) is 0.899. The number of hydrogen-bond acceptors (Lipinski definition) is 10. The van der Waals surface area contributed by atoms with Crippen LogP contribution in [0.3, 0.4) is 0 Å². The highest BCUT2D eigenvalue weighted by Gasteiger charge is 2.23. The second-order valence-corrected chi connectivity index (χ2v) is 7.14. The van der Waals surface area contributed by atoms with E-state index in [2.05, 4.69) is 5.73 Å². The fraction of sp³-hybridized carbons (Fsp3) is 0.0833. The molecule has 0 fully saturated rings. The molecule has 8 N–H and O–H groups in total. The molecule has 39 heavy (non-hydrogen) atoms. The minimum atomic E-state index is -1.77. The van der Waals surface area contributed by atoms with Gasteiger partial charge in [0, 0.05) is 23.8 Å². The standard InChI is InChI=1S/C8H5NO6.2C8H9NO3/c10-7(11)4-2-1-3-5(9(14)15)6(4)8(12)13;2*1-12-7-4-5(8(10)11)2-3-6(7)9/h1-3H,(H,10,11)(H,12,13);2*2-4H,9H2,1H3,(H,10,11). The highest BCUT2D eigenvalue weighted by Crippen LogP contribution is 2.23. The van der Waals surface area contributed by atoms with Crippen LogP contribution in [-0.2, 0) is 0 Å². The molecule has 0 spiro atoms. The molecule has 3 aromatic carbocycles. The van der Waals surface area contributed by atoms with Gasteiger partial charge in [-0.25, -0.2) is 14.4 Å². The Morgan fingerprint density at radius 1 is 0.846 bits per heavy atom. The molecule has 0 unspecified atom stereocenters. The van der Waals surface area contributed by atoms with Crippen molar-refractivity contribution in [3.63, 3.8) is 0 Å². The number of methoxy groups -OCH3 is 2. The summed E-state index contributed by atoms with van der Waals surface area (Å²) in [5, 5.41) is 46.8. The number of quaternary nitrogens is 1. The Morgan fingerprint density at radius 3 is 1.79 bits per heavy atom. The average Bonchev–Trinajstić information content (AvgIpc) is 2.89. The number of nitro groups is 1. The van der Waals surface area contributed by atoms with Crippen molar-refractivity contribution in [3.8, 4) is 11.5 Å². The van der Waals surface area contributed by atoms with E-state index in [4.69, 9.17) is 30.5 Å². The summed E-state index contributed by atoms with van der Waals surface area (Å²) >= 11 is 0. The number of nitrogens with two attached hydrogens (primary N) is 1. The van der Waals surface area contributed by atoms with Crippen molar-refractivity contribution in [3.05, 3.63) is 87.0 Å². The molecule has 15 heteroatoms. The molecule has 0 saturated heterocycles. The van der Waals surface area contributed by atoms with Crippen molar-refractivity contribution in [2.75, 3.05) is 20.0 Å². The third kappa shape index (κ3) is 8.72. The molecule has 206 valence electrons. The fourth-order valence-corrected chi connectivity index (χ4v) is 2.81. The highest BCUT2D eigenvalue weighted by atomic mass is 16.6. The summed E-state index contributed by atoms with van der Waals surface area (Å²) in [6, 6.07) is 11.8. The zero-order valence-electron chi connectivity index (χ0n) is 20.4. The molecule has 0 saturated carbocycles. The number of anilines is 1. The number of nitrogen functional groups attached to an aromatic ring is 1. The van der Waals surface area contributed by atoms with Gasteiger partial charge in [-0.2, -0.15) is 0 Å². The molecule has 0 radical (unpaired) electrons. The van der Waals surface area contributed by atoms with Crippen molar-refractivity contribution in [1.82, 2.24) is 0 Å². The number of ether oxygens (including phenoxy) is 2. The van der Waals surface area contributed by atoms with Crippen molar-refractivity contribution in [2.45, 2.75) is 0 Å². The van der Waals surface area contributed by atoms with Crippen LogP contribution in [-0.4, -0.2) is 58.3 Å². The topological polar surface area (TPSA) is 267 Å². The van der Waals surface area contributed by atoms with Crippen molar-refractivity contribution in [1.29, 1.82) is 0 Å². The van der Waals surface area contributed by atoms with Gasteiger partial charge in [-0.1, -0.05) is 12.1 Å². The first-order valence-corrected chi connectivity index (χ1v) is 10.4. The average molecular weight is 545 g/mol. The van der Waals surface area contributed by atoms with E-state index in [1.54, 1.807) is 6.07 Å². The molecule has 0 atom stereocenters. The first kappa shape index (κ1) is 31.3.